The van der Waals surface area contributed by atoms with Gasteiger partial charge in [-0.15, -0.1) is 0 Å². The fourth-order valence-corrected chi connectivity index (χ4v) is 4.97. The zero-order valence-electron chi connectivity index (χ0n) is 13.4. The average Bonchev–Trinajstić information content (AvgIpc) is 2.90. The normalized spacial score (nSPS) is 24.6. The molecule has 1 aromatic carbocycles. The molecule has 2 heterocycles. The van der Waals surface area contributed by atoms with Crippen LogP contribution in [0, 0.1) is 0 Å². The molecule has 1 fully saturated rings. The molecule has 0 bridgehead atoms. The number of nitrogens with one attached hydrogen (secondary N) is 1. The van der Waals surface area contributed by atoms with Gasteiger partial charge in [-0.05, 0) is 44.0 Å². The molecular weight excluding hydrogens is 316 g/mol. The first-order valence-electron chi connectivity index (χ1n) is 7.56. The molecule has 124 valence electrons. The van der Waals surface area contributed by atoms with E-state index in [-0.39, 0.29) is 29.4 Å². The number of hydrogen-bond acceptors (Lipinski definition) is 4. The van der Waals surface area contributed by atoms with Crippen LogP contribution >= 0.6 is 0 Å². The van der Waals surface area contributed by atoms with Crippen molar-refractivity contribution in [3.63, 3.8) is 0 Å². The van der Waals surface area contributed by atoms with Gasteiger partial charge in [0.2, 0.25) is 5.91 Å². The van der Waals surface area contributed by atoms with E-state index in [2.05, 4.69) is 5.32 Å². The fourth-order valence-electron chi connectivity index (χ4n) is 3.29. The molecule has 1 atom stereocenters. The SMILES string of the molecule is CN1C(=O)C(C)(C)c2cc(C(=O)NC3CCS(=O)(=O)C3)ccc21. The van der Waals surface area contributed by atoms with Crippen LogP contribution in [0.2, 0.25) is 0 Å². The molecule has 1 saturated heterocycles. The minimum atomic E-state index is -3.03. The van der Waals surface area contributed by atoms with Crippen molar-refractivity contribution < 1.29 is 18.0 Å². The topological polar surface area (TPSA) is 83.6 Å². The van der Waals surface area contributed by atoms with E-state index in [1.807, 2.05) is 13.8 Å². The standard InChI is InChI=1S/C16H20N2O4S/c1-16(2)12-8-10(4-5-13(12)18(3)15(16)20)14(19)17-11-6-7-23(21,22)9-11/h4-5,8,11H,6-7,9H2,1-3H3,(H,17,19). The van der Waals surface area contributed by atoms with E-state index in [4.69, 9.17) is 0 Å². The lowest BCUT2D eigenvalue weighted by Crippen LogP contribution is -2.35. The van der Waals surface area contributed by atoms with E-state index in [0.717, 1.165) is 11.3 Å². The molecule has 2 aliphatic heterocycles. The molecule has 0 spiro atoms. The van der Waals surface area contributed by atoms with Crippen LogP contribution in [0.15, 0.2) is 18.2 Å². The zero-order valence-corrected chi connectivity index (χ0v) is 14.2. The van der Waals surface area contributed by atoms with Gasteiger partial charge in [0, 0.05) is 24.3 Å². The Kier molecular flexibility index (Phi) is 3.51. The van der Waals surface area contributed by atoms with E-state index >= 15 is 0 Å². The number of hydrogen-bond donors (Lipinski definition) is 1. The van der Waals surface area contributed by atoms with Gasteiger partial charge < -0.3 is 10.2 Å². The number of likely N-dealkylation sites (N-methyl/N-ethyl adjacent to an activating group) is 1. The first-order chi connectivity index (χ1) is 10.6. The van der Waals surface area contributed by atoms with Crippen molar-refractivity contribution in [2.24, 2.45) is 0 Å². The summed E-state index contributed by atoms with van der Waals surface area (Å²) in [6.07, 6.45) is 0.450. The summed E-state index contributed by atoms with van der Waals surface area (Å²) in [6, 6.07) is 4.83. The maximum absolute atomic E-state index is 12.4. The highest BCUT2D eigenvalue weighted by Crippen LogP contribution is 2.41. The fraction of sp³-hybridized carbons (Fsp3) is 0.500. The number of sulfone groups is 1. The molecular formula is C16H20N2O4S. The van der Waals surface area contributed by atoms with Crippen molar-refractivity contribution in [2.45, 2.75) is 31.7 Å². The Labute approximate surface area is 135 Å². The Bertz CT molecular complexity index is 798. The number of anilines is 1. The lowest BCUT2D eigenvalue weighted by Gasteiger charge is -2.17. The summed E-state index contributed by atoms with van der Waals surface area (Å²) in [5, 5.41) is 2.78. The maximum atomic E-state index is 12.4. The van der Waals surface area contributed by atoms with Crippen molar-refractivity contribution in [1.82, 2.24) is 5.32 Å². The quantitative estimate of drug-likeness (QED) is 0.868. The molecule has 0 aromatic heterocycles. The molecule has 2 aliphatic rings. The third kappa shape index (κ3) is 2.63. The van der Waals surface area contributed by atoms with Gasteiger partial charge in [0.15, 0.2) is 9.84 Å². The molecule has 6 nitrogen and oxygen atoms in total. The number of carbonyl (C=O) groups excluding carboxylic acids is 2. The van der Waals surface area contributed by atoms with Crippen LogP contribution in [0.1, 0.15) is 36.2 Å². The van der Waals surface area contributed by atoms with Gasteiger partial charge in [0.25, 0.3) is 5.91 Å². The summed E-state index contributed by atoms with van der Waals surface area (Å²) in [6.45, 7) is 3.67. The minimum absolute atomic E-state index is 0.00357. The van der Waals surface area contributed by atoms with Crippen LogP contribution in [0.25, 0.3) is 0 Å². The number of amides is 2. The van der Waals surface area contributed by atoms with E-state index in [1.54, 1.807) is 30.1 Å². The molecule has 1 aromatic rings. The number of rotatable bonds is 2. The lowest BCUT2D eigenvalue weighted by molar-refractivity contribution is -0.121. The molecule has 3 rings (SSSR count). The third-order valence-electron chi connectivity index (χ3n) is 4.70. The summed E-state index contributed by atoms with van der Waals surface area (Å²) >= 11 is 0. The first kappa shape index (κ1) is 16.0. The number of benzene rings is 1. The van der Waals surface area contributed by atoms with Crippen LogP contribution in [0.3, 0.4) is 0 Å². The van der Waals surface area contributed by atoms with Gasteiger partial charge in [-0.2, -0.15) is 0 Å². The van der Waals surface area contributed by atoms with E-state index in [0.29, 0.717) is 12.0 Å². The molecule has 0 saturated carbocycles. The molecule has 0 radical (unpaired) electrons. The van der Waals surface area contributed by atoms with Gasteiger partial charge >= 0.3 is 0 Å². The summed E-state index contributed by atoms with van der Waals surface area (Å²) < 4.78 is 23.0. The van der Waals surface area contributed by atoms with E-state index in [9.17, 15) is 18.0 Å². The average molecular weight is 336 g/mol. The lowest BCUT2D eigenvalue weighted by atomic mass is 9.85. The zero-order chi connectivity index (χ0) is 17.0. The van der Waals surface area contributed by atoms with Crippen molar-refractivity contribution in [1.29, 1.82) is 0 Å². The molecule has 7 heteroatoms. The highest BCUT2D eigenvalue weighted by molar-refractivity contribution is 7.91. The van der Waals surface area contributed by atoms with Crippen molar-refractivity contribution in [2.75, 3.05) is 23.5 Å². The van der Waals surface area contributed by atoms with Crippen molar-refractivity contribution in [3.05, 3.63) is 29.3 Å². The van der Waals surface area contributed by atoms with Crippen molar-refractivity contribution >= 4 is 27.3 Å². The van der Waals surface area contributed by atoms with Crippen LogP contribution < -0.4 is 10.2 Å². The van der Waals surface area contributed by atoms with Gasteiger partial charge in [0.1, 0.15) is 0 Å². The van der Waals surface area contributed by atoms with Gasteiger partial charge in [0.05, 0.1) is 16.9 Å². The second-order valence-corrected chi connectivity index (χ2v) is 9.02. The molecule has 0 aliphatic carbocycles. The largest absolute Gasteiger partial charge is 0.348 e. The van der Waals surface area contributed by atoms with Crippen LogP contribution in [-0.4, -0.2) is 44.8 Å². The Morgan fingerprint density at radius 2 is 2.04 bits per heavy atom. The summed E-state index contributed by atoms with van der Waals surface area (Å²) in [4.78, 5) is 26.3. The molecule has 1 unspecified atom stereocenters. The highest BCUT2D eigenvalue weighted by Gasteiger charge is 2.42. The van der Waals surface area contributed by atoms with Gasteiger partial charge in [-0.25, -0.2) is 8.42 Å². The smallest absolute Gasteiger partial charge is 0.251 e. The van der Waals surface area contributed by atoms with Crippen LogP contribution in [0.5, 0.6) is 0 Å². The highest BCUT2D eigenvalue weighted by atomic mass is 32.2. The van der Waals surface area contributed by atoms with Gasteiger partial charge in [-0.3, -0.25) is 9.59 Å². The Morgan fingerprint density at radius 1 is 1.35 bits per heavy atom. The maximum Gasteiger partial charge on any atom is 0.251 e. The Balaban J connectivity index is 1.84. The summed E-state index contributed by atoms with van der Waals surface area (Å²) in [5.74, 6) is -0.190. The number of carbonyl (C=O) groups is 2. The second kappa shape index (κ2) is 5.06. The molecule has 23 heavy (non-hydrogen) atoms. The minimum Gasteiger partial charge on any atom is -0.348 e. The molecule has 1 N–H and O–H groups in total. The monoisotopic (exact) mass is 336 g/mol. The predicted octanol–water partition coefficient (Wildman–Crippen LogP) is 0.858. The second-order valence-electron chi connectivity index (χ2n) is 6.79. The first-order valence-corrected chi connectivity index (χ1v) is 9.38. The van der Waals surface area contributed by atoms with E-state index < -0.39 is 15.3 Å². The molecule has 2 amide bonds. The summed E-state index contributed by atoms with van der Waals surface area (Å²) in [5.41, 5.74) is 1.40. The van der Waals surface area contributed by atoms with E-state index in [1.165, 1.54) is 0 Å². The van der Waals surface area contributed by atoms with Crippen LogP contribution in [-0.2, 0) is 20.0 Å². The summed E-state index contributed by atoms with van der Waals surface area (Å²) in [7, 11) is -1.31. The Hall–Kier alpha value is -1.89. The third-order valence-corrected chi connectivity index (χ3v) is 6.47. The van der Waals surface area contributed by atoms with Gasteiger partial charge in [-0.1, -0.05) is 0 Å². The predicted molar refractivity (Wildman–Crippen MR) is 87.4 cm³/mol. The Morgan fingerprint density at radius 3 is 2.65 bits per heavy atom. The van der Waals surface area contributed by atoms with Crippen molar-refractivity contribution in [3.8, 4) is 0 Å². The number of nitrogens with zero attached hydrogens (tertiary/aromatic N) is 1. The van der Waals surface area contributed by atoms with Crippen LogP contribution in [0.4, 0.5) is 5.69 Å². The number of fused-ring (bicyclic) bond motifs is 1.